The summed E-state index contributed by atoms with van der Waals surface area (Å²) in [4.78, 5) is 25.9. The molecule has 3 unspecified atom stereocenters. The van der Waals surface area contributed by atoms with E-state index in [-0.39, 0.29) is 30.7 Å². The van der Waals surface area contributed by atoms with Gasteiger partial charge in [-0.15, -0.1) is 0 Å². The fourth-order valence-electron chi connectivity index (χ4n) is 3.26. The zero-order valence-corrected chi connectivity index (χ0v) is 15.5. The highest BCUT2D eigenvalue weighted by molar-refractivity contribution is 7.85. The standard InChI is InChI=1S/C18H23NO6S/c1-12-2-3-13(18(21)22)11-19(12)17(20)6-9-26(23)14-4-5-15-16(10-14)25-8-7-24-15/h4-5,10,12-13H,2-3,6-9,11H2,1H3,(H,21,22). The molecular weight excluding hydrogens is 358 g/mol. The number of aliphatic carboxylic acids is 1. The van der Waals surface area contributed by atoms with Gasteiger partial charge in [-0.05, 0) is 31.9 Å². The lowest BCUT2D eigenvalue weighted by molar-refractivity contribution is -0.147. The largest absolute Gasteiger partial charge is 0.486 e. The van der Waals surface area contributed by atoms with Crippen molar-refractivity contribution in [1.82, 2.24) is 4.90 Å². The molecule has 2 aliphatic heterocycles. The van der Waals surface area contributed by atoms with E-state index in [1.54, 1.807) is 23.1 Å². The van der Waals surface area contributed by atoms with Crippen LogP contribution in [0.3, 0.4) is 0 Å². The molecule has 1 aromatic carbocycles. The van der Waals surface area contributed by atoms with Gasteiger partial charge in [0, 0.05) is 35.7 Å². The Morgan fingerprint density at radius 3 is 2.69 bits per heavy atom. The maximum atomic E-state index is 12.5. The summed E-state index contributed by atoms with van der Waals surface area (Å²) in [5.41, 5.74) is 0. The highest BCUT2D eigenvalue weighted by Gasteiger charge is 2.32. The summed E-state index contributed by atoms with van der Waals surface area (Å²) in [7, 11) is -1.33. The molecule has 2 heterocycles. The number of ether oxygens (including phenoxy) is 2. The molecular formula is C18H23NO6S. The molecule has 0 aromatic heterocycles. The Bertz CT molecular complexity index is 722. The quantitative estimate of drug-likeness (QED) is 0.834. The van der Waals surface area contributed by atoms with E-state index >= 15 is 0 Å². The molecule has 3 rings (SSSR count). The molecule has 1 N–H and O–H groups in total. The Kier molecular flexibility index (Phi) is 5.80. The number of rotatable bonds is 5. The van der Waals surface area contributed by atoms with E-state index in [0.717, 1.165) is 0 Å². The Balaban J connectivity index is 1.58. The van der Waals surface area contributed by atoms with Crippen LogP contribution in [0.15, 0.2) is 23.1 Å². The van der Waals surface area contributed by atoms with E-state index in [1.807, 2.05) is 6.92 Å². The fraction of sp³-hybridized carbons (Fsp3) is 0.556. The summed E-state index contributed by atoms with van der Waals surface area (Å²) in [6.45, 7) is 3.11. The van der Waals surface area contributed by atoms with Crippen molar-refractivity contribution in [2.45, 2.75) is 37.1 Å². The van der Waals surface area contributed by atoms with E-state index in [9.17, 15) is 18.9 Å². The van der Waals surface area contributed by atoms with Crippen LogP contribution < -0.4 is 9.47 Å². The number of amides is 1. The highest BCUT2D eigenvalue weighted by Crippen LogP contribution is 2.32. The predicted octanol–water partition coefficient (Wildman–Crippen LogP) is 1.67. The maximum absolute atomic E-state index is 12.5. The molecule has 1 amide bonds. The van der Waals surface area contributed by atoms with Gasteiger partial charge < -0.3 is 19.5 Å². The molecule has 26 heavy (non-hydrogen) atoms. The zero-order chi connectivity index (χ0) is 18.7. The Morgan fingerprint density at radius 2 is 1.96 bits per heavy atom. The van der Waals surface area contributed by atoms with E-state index in [2.05, 4.69) is 0 Å². The summed E-state index contributed by atoms with van der Waals surface area (Å²) in [6.07, 6.45) is 1.38. The minimum atomic E-state index is -1.33. The molecule has 2 aliphatic rings. The van der Waals surface area contributed by atoms with Gasteiger partial charge in [-0.3, -0.25) is 13.8 Å². The number of fused-ring (bicyclic) bond motifs is 1. The first-order valence-corrected chi connectivity index (χ1v) is 10.1. The molecule has 0 bridgehead atoms. The number of benzene rings is 1. The van der Waals surface area contributed by atoms with Crippen LogP contribution in [0.25, 0.3) is 0 Å². The molecule has 3 atom stereocenters. The number of carbonyl (C=O) groups is 2. The Hall–Kier alpha value is -2.09. The number of nitrogens with zero attached hydrogens (tertiary/aromatic N) is 1. The van der Waals surface area contributed by atoms with E-state index in [1.165, 1.54) is 0 Å². The first-order valence-electron chi connectivity index (χ1n) is 8.76. The molecule has 1 fully saturated rings. The second-order valence-corrected chi connectivity index (χ2v) is 8.18. The van der Waals surface area contributed by atoms with Crippen molar-refractivity contribution in [3.05, 3.63) is 18.2 Å². The first kappa shape index (κ1) is 18.7. The molecule has 0 saturated carbocycles. The average molecular weight is 381 g/mol. The third kappa shape index (κ3) is 4.17. The lowest BCUT2D eigenvalue weighted by Gasteiger charge is -2.36. The second-order valence-electron chi connectivity index (χ2n) is 6.61. The number of carboxylic acids is 1. The molecule has 1 saturated heterocycles. The van der Waals surface area contributed by atoms with Gasteiger partial charge in [0.2, 0.25) is 5.91 Å². The lowest BCUT2D eigenvalue weighted by Crippen LogP contribution is -2.47. The van der Waals surface area contributed by atoms with Crippen LogP contribution in [-0.2, 0) is 20.4 Å². The van der Waals surface area contributed by atoms with Gasteiger partial charge in [-0.25, -0.2) is 0 Å². The van der Waals surface area contributed by atoms with Crippen molar-refractivity contribution in [1.29, 1.82) is 0 Å². The highest BCUT2D eigenvalue weighted by atomic mass is 32.2. The Labute approximate surface area is 154 Å². The predicted molar refractivity (Wildman–Crippen MR) is 94.9 cm³/mol. The van der Waals surface area contributed by atoms with Gasteiger partial charge in [0.1, 0.15) is 13.2 Å². The van der Waals surface area contributed by atoms with Crippen molar-refractivity contribution in [3.8, 4) is 11.5 Å². The van der Waals surface area contributed by atoms with Crippen LogP contribution in [0.5, 0.6) is 11.5 Å². The van der Waals surface area contributed by atoms with Crippen LogP contribution in [0.2, 0.25) is 0 Å². The van der Waals surface area contributed by atoms with Gasteiger partial charge in [0.05, 0.1) is 16.7 Å². The number of likely N-dealkylation sites (tertiary alicyclic amines) is 1. The summed E-state index contributed by atoms with van der Waals surface area (Å²) >= 11 is 0. The number of carbonyl (C=O) groups excluding carboxylic acids is 1. The molecule has 142 valence electrons. The Morgan fingerprint density at radius 1 is 1.23 bits per heavy atom. The minimum absolute atomic E-state index is 0.0147. The average Bonchev–Trinajstić information content (AvgIpc) is 2.65. The molecule has 7 nitrogen and oxygen atoms in total. The molecule has 1 aromatic rings. The van der Waals surface area contributed by atoms with E-state index in [0.29, 0.717) is 42.4 Å². The summed E-state index contributed by atoms with van der Waals surface area (Å²) < 4.78 is 23.5. The zero-order valence-electron chi connectivity index (χ0n) is 14.7. The minimum Gasteiger partial charge on any atom is -0.486 e. The van der Waals surface area contributed by atoms with Crippen LogP contribution in [0.4, 0.5) is 0 Å². The lowest BCUT2D eigenvalue weighted by atomic mass is 9.93. The topological polar surface area (TPSA) is 93.1 Å². The van der Waals surface area contributed by atoms with Crippen molar-refractivity contribution in [2.75, 3.05) is 25.5 Å². The SMILES string of the molecule is CC1CCC(C(=O)O)CN1C(=O)CCS(=O)c1ccc2c(c1)OCCO2. The van der Waals surface area contributed by atoms with Gasteiger partial charge in [-0.2, -0.15) is 0 Å². The van der Waals surface area contributed by atoms with Gasteiger partial charge in [0.25, 0.3) is 0 Å². The van der Waals surface area contributed by atoms with Crippen LogP contribution in [-0.4, -0.2) is 57.6 Å². The van der Waals surface area contributed by atoms with Crippen molar-refractivity contribution < 1.29 is 28.4 Å². The normalized spacial score (nSPS) is 23.3. The number of hydrogen-bond acceptors (Lipinski definition) is 5. The number of carboxylic acid groups (broad SMARTS) is 1. The summed E-state index contributed by atoms with van der Waals surface area (Å²) in [5.74, 6) is -0.126. The third-order valence-corrected chi connectivity index (χ3v) is 6.18. The van der Waals surface area contributed by atoms with E-state index < -0.39 is 22.7 Å². The van der Waals surface area contributed by atoms with Crippen molar-refractivity contribution in [2.24, 2.45) is 5.92 Å². The molecule has 0 radical (unpaired) electrons. The monoisotopic (exact) mass is 381 g/mol. The van der Waals surface area contributed by atoms with Crippen LogP contribution >= 0.6 is 0 Å². The van der Waals surface area contributed by atoms with Crippen molar-refractivity contribution in [3.63, 3.8) is 0 Å². The summed E-state index contributed by atoms with van der Waals surface area (Å²) in [5, 5.41) is 9.18. The first-order chi connectivity index (χ1) is 12.5. The fourth-order valence-corrected chi connectivity index (χ4v) is 4.32. The van der Waals surface area contributed by atoms with Gasteiger partial charge >= 0.3 is 5.97 Å². The van der Waals surface area contributed by atoms with E-state index in [4.69, 9.17) is 9.47 Å². The van der Waals surface area contributed by atoms with Crippen LogP contribution in [0.1, 0.15) is 26.2 Å². The smallest absolute Gasteiger partial charge is 0.308 e. The van der Waals surface area contributed by atoms with Gasteiger partial charge in [-0.1, -0.05) is 0 Å². The number of piperidine rings is 1. The second kappa shape index (κ2) is 8.07. The molecule has 8 heteroatoms. The molecule has 0 spiro atoms. The maximum Gasteiger partial charge on any atom is 0.308 e. The summed E-state index contributed by atoms with van der Waals surface area (Å²) in [6, 6.07) is 5.16. The van der Waals surface area contributed by atoms with Crippen molar-refractivity contribution >= 4 is 22.7 Å². The third-order valence-electron chi connectivity index (χ3n) is 4.83. The molecule has 0 aliphatic carbocycles. The van der Waals surface area contributed by atoms with Crippen LogP contribution in [0, 0.1) is 5.92 Å². The van der Waals surface area contributed by atoms with Gasteiger partial charge in [0.15, 0.2) is 11.5 Å². The number of hydrogen-bond donors (Lipinski definition) is 1.